The molecule has 0 saturated heterocycles. The molecule has 0 spiro atoms. The Labute approximate surface area is 115 Å². The highest BCUT2D eigenvalue weighted by molar-refractivity contribution is 7.20. The summed E-state index contributed by atoms with van der Waals surface area (Å²) in [6, 6.07) is 2.31. The fourth-order valence-electron chi connectivity index (χ4n) is 1.67. The Morgan fingerprint density at radius 2 is 2.22 bits per heavy atom. The summed E-state index contributed by atoms with van der Waals surface area (Å²) in [5.41, 5.74) is 0. The highest BCUT2D eigenvalue weighted by atomic mass is 32.1. The molecule has 18 heavy (non-hydrogen) atoms. The molecule has 1 atom stereocenters. The van der Waals surface area contributed by atoms with Crippen molar-refractivity contribution in [3.63, 3.8) is 0 Å². The largest absolute Gasteiger partial charge is 0.496 e. The lowest BCUT2D eigenvalue weighted by atomic mass is 10.2. The zero-order valence-corrected chi connectivity index (χ0v) is 12.4. The molecule has 0 saturated carbocycles. The maximum atomic E-state index is 5.18. The van der Waals surface area contributed by atoms with Gasteiger partial charge >= 0.3 is 0 Å². The SMILES string of the molecule is CCNC(CC)c1nnc(-c2cc(OC)cs2)s1. The van der Waals surface area contributed by atoms with E-state index in [1.165, 1.54) is 0 Å². The third kappa shape index (κ3) is 2.88. The minimum Gasteiger partial charge on any atom is -0.496 e. The van der Waals surface area contributed by atoms with E-state index in [1.54, 1.807) is 29.8 Å². The summed E-state index contributed by atoms with van der Waals surface area (Å²) >= 11 is 3.29. The van der Waals surface area contributed by atoms with Crippen LogP contribution < -0.4 is 10.1 Å². The van der Waals surface area contributed by atoms with Gasteiger partial charge in [0.25, 0.3) is 0 Å². The quantitative estimate of drug-likeness (QED) is 0.883. The van der Waals surface area contributed by atoms with Crippen molar-refractivity contribution >= 4 is 22.7 Å². The van der Waals surface area contributed by atoms with Gasteiger partial charge in [-0.05, 0) is 13.0 Å². The van der Waals surface area contributed by atoms with Gasteiger partial charge in [-0.2, -0.15) is 0 Å². The number of thiophene rings is 1. The van der Waals surface area contributed by atoms with E-state index in [4.69, 9.17) is 4.74 Å². The molecular formula is C12H17N3OS2. The number of rotatable bonds is 6. The second kappa shape index (κ2) is 6.26. The normalized spacial score (nSPS) is 12.6. The van der Waals surface area contributed by atoms with Crippen LogP contribution in [0.25, 0.3) is 9.88 Å². The van der Waals surface area contributed by atoms with Crippen molar-refractivity contribution in [1.82, 2.24) is 15.5 Å². The van der Waals surface area contributed by atoms with Gasteiger partial charge in [0.1, 0.15) is 10.8 Å². The number of methoxy groups -OCH3 is 1. The minimum absolute atomic E-state index is 0.308. The van der Waals surface area contributed by atoms with Crippen molar-refractivity contribution in [2.75, 3.05) is 13.7 Å². The lowest BCUT2D eigenvalue weighted by Crippen LogP contribution is -2.19. The van der Waals surface area contributed by atoms with E-state index in [0.29, 0.717) is 6.04 Å². The van der Waals surface area contributed by atoms with Crippen molar-refractivity contribution in [2.24, 2.45) is 0 Å². The summed E-state index contributed by atoms with van der Waals surface area (Å²) in [5.74, 6) is 0.880. The molecule has 2 aromatic heterocycles. The Kier molecular flexibility index (Phi) is 4.68. The molecule has 0 bridgehead atoms. The first-order valence-electron chi connectivity index (χ1n) is 5.98. The topological polar surface area (TPSA) is 47.0 Å². The van der Waals surface area contributed by atoms with Crippen LogP contribution in [0.1, 0.15) is 31.3 Å². The summed E-state index contributed by atoms with van der Waals surface area (Å²) in [7, 11) is 1.68. The summed E-state index contributed by atoms with van der Waals surface area (Å²) < 4.78 is 5.18. The Morgan fingerprint density at radius 1 is 1.39 bits per heavy atom. The van der Waals surface area contributed by atoms with E-state index >= 15 is 0 Å². The fourth-order valence-corrected chi connectivity index (χ4v) is 3.58. The second-order valence-corrected chi connectivity index (χ2v) is 5.74. The van der Waals surface area contributed by atoms with Crippen LogP contribution in [-0.2, 0) is 0 Å². The summed E-state index contributed by atoms with van der Waals surface area (Å²) in [6.45, 7) is 5.21. The zero-order chi connectivity index (χ0) is 13.0. The van der Waals surface area contributed by atoms with Crippen LogP contribution in [0, 0.1) is 0 Å². The van der Waals surface area contributed by atoms with Crippen molar-refractivity contribution in [3.05, 3.63) is 16.5 Å². The average molecular weight is 283 g/mol. The van der Waals surface area contributed by atoms with Crippen LogP contribution in [0.5, 0.6) is 5.75 Å². The smallest absolute Gasteiger partial charge is 0.158 e. The molecule has 2 rings (SSSR count). The predicted molar refractivity (Wildman–Crippen MR) is 76.5 cm³/mol. The second-order valence-electron chi connectivity index (χ2n) is 3.81. The van der Waals surface area contributed by atoms with Crippen molar-refractivity contribution in [2.45, 2.75) is 26.3 Å². The molecule has 0 radical (unpaired) electrons. The van der Waals surface area contributed by atoms with Gasteiger partial charge < -0.3 is 10.1 Å². The van der Waals surface area contributed by atoms with Crippen molar-refractivity contribution in [1.29, 1.82) is 0 Å². The van der Waals surface area contributed by atoms with Crippen molar-refractivity contribution in [3.8, 4) is 15.6 Å². The van der Waals surface area contributed by atoms with Gasteiger partial charge in [0.05, 0.1) is 18.0 Å². The zero-order valence-electron chi connectivity index (χ0n) is 10.8. The number of ether oxygens (including phenoxy) is 1. The molecule has 98 valence electrons. The molecular weight excluding hydrogens is 266 g/mol. The predicted octanol–water partition coefficient (Wildman–Crippen LogP) is 3.34. The van der Waals surface area contributed by atoms with Gasteiger partial charge in [0, 0.05) is 11.4 Å². The molecule has 1 N–H and O–H groups in total. The molecule has 0 amide bonds. The van der Waals surface area contributed by atoms with E-state index in [2.05, 4.69) is 29.4 Å². The molecule has 0 aliphatic rings. The molecule has 0 aliphatic heterocycles. The van der Waals surface area contributed by atoms with Crippen LogP contribution in [0.2, 0.25) is 0 Å². The van der Waals surface area contributed by atoms with E-state index in [0.717, 1.165) is 33.6 Å². The number of hydrogen-bond acceptors (Lipinski definition) is 6. The van der Waals surface area contributed by atoms with E-state index < -0.39 is 0 Å². The van der Waals surface area contributed by atoms with Crippen LogP contribution in [0.4, 0.5) is 0 Å². The summed E-state index contributed by atoms with van der Waals surface area (Å²) in [5, 5.41) is 16.0. The van der Waals surface area contributed by atoms with Gasteiger partial charge in [-0.3, -0.25) is 0 Å². The molecule has 2 aromatic rings. The van der Waals surface area contributed by atoms with Gasteiger partial charge in [-0.25, -0.2) is 0 Å². The highest BCUT2D eigenvalue weighted by Crippen LogP contribution is 2.34. The minimum atomic E-state index is 0.308. The third-order valence-corrected chi connectivity index (χ3v) is 4.73. The lowest BCUT2D eigenvalue weighted by Gasteiger charge is -2.10. The number of aromatic nitrogens is 2. The Morgan fingerprint density at radius 3 is 2.83 bits per heavy atom. The van der Waals surface area contributed by atoms with Crippen LogP contribution in [0.15, 0.2) is 11.4 Å². The number of nitrogens with one attached hydrogen (secondary N) is 1. The highest BCUT2D eigenvalue weighted by Gasteiger charge is 2.15. The Balaban J connectivity index is 2.18. The first-order valence-corrected chi connectivity index (χ1v) is 7.67. The molecule has 4 nitrogen and oxygen atoms in total. The lowest BCUT2D eigenvalue weighted by molar-refractivity contribution is 0.417. The first kappa shape index (κ1) is 13.5. The van der Waals surface area contributed by atoms with E-state index in [1.807, 2.05) is 11.4 Å². The van der Waals surface area contributed by atoms with Crippen LogP contribution >= 0.6 is 22.7 Å². The maximum absolute atomic E-state index is 5.18. The maximum Gasteiger partial charge on any atom is 0.158 e. The van der Waals surface area contributed by atoms with Crippen LogP contribution in [0.3, 0.4) is 0 Å². The first-order chi connectivity index (χ1) is 8.78. The summed E-state index contributed by atoms with van der Waals surface area (Å²) in [6.07, 6.45) is 1.02. The number of hydrogen-bond donors (Lipinski definition) is 1. The molecule has 2 heterocycles. The molecule has 0 aromatic carbocycles. The third-order valence-electron chi connectivity index (χ3n) is 2.62. The summed E-state index contributed by atoms with van der Waals surface area (Å²) in [4.78, 5) is 1.11. The van der Waals surface area contributed by atoms with Crippen LogP contribution in [-0.4, -0.2) is 23.9 Å². The number of nitrogens with zero attached hydrogens (tertiary/aromatic N) is 2. The molecule has 0 fully saturated rings. The van der Waals surface area contributed by atoms with Gasteiger partial charge in [-0.1, -0.05) is 25.2 Å². The van der Waals surface area contributed by atoms with E-state index in [9.17, 15) is 0 Å². The van der Waals surface area contributed by atoms with E-state index in [-0.39, 0.29) is 0 Å². The Hall–Kier alpha value is -0.980. The molecule has 1 unspecified atom stereocenters. The molecule has 0 aliphatic carbocycles. The van der Waals surface area contributed by atoms with Gasteiger partial charge in [0.2, 0.25) is 0 Å². The molecule has 6 heteroatoms. The standard InChI is InChI=1S/C12H17N3OS2/c1-4-9(13-5-2)11-14-15-12(18-11)10-6-8(16-3)7-17-10/h6-7,9,13H,4-5H2,1-3H3. The van der Waals surface area contributed by atoms with Gasteiger partial charge in [0.15, 0.2) is 5.01 Å². The van der Waals surface area contributed by atoms with Gasteiger partial charge in [-0.15, -0.1) is 21.5 Å². The Bertz CT molecular complexity index is 495. The monoisotopic (exact) mass is 283 g/mol. The fraction of sp³-hybridized carbons (Fsp3) is 0.500. The average Bonchev–Trinajstić information content (AvgIpc) is 3.03. The van der Waals surface area contributed by atoms with Crippen molar-refractivity contribution < 1.29 is 4.74 Å².